The largest absolute Gasteiger partial charge is 0.508 e. The predicted molar refractivity (Wildman–Crippen MR) is 69.2 cm³/mol. The summed E-state index contributed by atoms with van der Waals surface area (Å²) in [6, 6.07) is 4.78. The van der Waals surface area contributed by atoms with Gasteiger partial charge >= 0.3 is 0 Å². The second kappa shape index (κ2) is 5.59. The number of nitrogens with zero attached hydrogens (tertiary/aromatic N) is 1. The zero-order valence-corrected chi connectivity index (χ0v) is 11.0. The van der Waals surface area contributed by atoms with Gasteiger partial charge in [0.1, 0.15) is 5.75 Å². The van der Waals surface area contributed by atoms with Crippen molar-refractivity contribution < 1.29 is 14.6 Å². The lowest BCUT2D eigenvalue weighted by atomic mass is 10.1. The fourth-order valence-electron chi connectivity index (χ4n) is 2.00. The molecule has 1 saturated heterocycles. The maximum absolute atomic E-state index is 12.4. The van der Waals surface area contributed by atoms with E-state index < -0.39 is 0 Å². The van der Waals surface area contributed by atoms with E-state index in [0.29, 0.717) is 36.8 Å². The Morgan fingerprint density at radius 3 is 3.06 bits per heavy atom. The SMILES string of the molecule is Cc1cc(C(=O)N2CCOCC2CCl)ccc1O. The third kappa shape index (κ3) is 2.60. The molecule has 1 atom stereocenters. The average Bonchev–Trinajstić information content (AvgIpc) is 2.41. The summed E-state index contributed by atoms with van der Waals surface area (Å²) in [4.78, 5) is 14.1. The zero-order chi connectivity index (χ0) is 13.1. The number of phenolic OH excluding ortho intramolecular Hbond substituents is 1. The van der Waals surface area contributed by atoms with Gasteiger partial charge < -0.3 is 14.7 Å². The third-order valence-electron chi connectivity index (χ3n) is 3.11. The molecule has 2 rings (SSSR count). The van der Waals surface area contributed by atoms with Gasteiger partial charge in [-0.05, 0) is 30.7 Å². The molecule has 0 saturated carbocycles. The molecule has 0 radical (unpaired) electrons. The van der Waals surface area contributed by atoms with Crippen molar-refractivity contribution in [2.45, 2.75) is 13.0 Å². The Balaban J connectivity index is 2.21. The molecule has 4 nitrogen and oxygen atoms in total. The normalized spacial score (nSPS) is 19.9. The van der Waals surface area contributed by atoms with Crippen LogP contribution in [0.15, 0.2) is 18.2 Å². The van der Waals surface area contributed by atoms with Crippen LogP contribution in [0.1, 0.15) is 15.9 Å². The first-order valence-corrected chi connectivity index (χ1v) is 6.41. The number of carbonyl (C=O) groups excluding carboxylic acids is 1. The van der Waals surface area contributed by atoms with Crippen LogP contribution in [0.5, 0.6) is 5.75 Å². The van der Waals surface area contributed by atoms with E-state index in [1.165, 1.54) is 0 Å². The molecule has 0 spiro atoms. The molecule has 1 aromatic rings. The fourth-order valence-corrected chi connectivity index (χ4v) is 2.26. The second-order valence-electron chi connectivity index (χ2n) is 4.38. The van der Waals surface area contributed by atoms with Crippen molar-refractivity contribution in [1.82, 2.24) is 4.90 Å². The Hall–Kier alpha value is -1.26. The smallest absolute Gasteiger partial charge is 0.254 e. The van der Waals surface area contributed by atoms with Crippen molar-refractivity contribution in [1.29, 1.82) is 0 Å². The maximum atomic E-state index is 12.4. The van der Waals surface area contributed by atoms with Crippen LogP contribution in [0.2, 0.25) is 0 Å². The fraction of sp³-hybridized carbons (Fsp3) is 0.462. The van der Waals surface area contributed by atoms with E-state index in [-0.39, 0.29) is 17.7 Å². The maximum Gasteiger partial charge on any atom is 0.254 e. The minimum Gasteiger partial charge on any atom is -0.508 e. The van der Waals surface area contributed by atoms with Gasteiger partial charge in [-0.3, -0.25) is 4.79 Å². The van der Waals surface area contributed by atoms with Crippen LogP contribution in [0, 0.1) is 6.92 Å². The van der Waals surface area contributed by atoms with Crippen LogP contribution < -0.4 is 0 Å². The predicted octanol–water partition coefficient (Wildman–Crippen LogP) is 1.78. The zero-order valence-electron chi connectivity index (χ0n) is 10.2. The highest BCUT2D eigenvalue weighted by molar-refractivity contribution is 6.18. The Kier molecular flexibility index (Phi) is 4.09. The highest BCUT2D eigenvalue weighted by Gasteiger charge is 2.27. The first-order valence-electron chi connectivity index (χ1n) is 5.87. The van der Waals surface area contributed by atoms with E-state index >= 15 is 0 Å². The number of alkyl halides is 1. The summed E-state index contributed by atoms with van der Waals surface area (Å²) in [5.74, 6) is 0.498. The first kappa shape index (κ1) is 13.2. The molecule has 18 heavy (non-hydrogen) atoms. The molecule has 1 heterocycles. The number of aryl methyl sites for hydroxylation is 1. The van der Waals surface area contributed by atoms with E-state index in [4.69, 9.17) is 16.3 Å². The lowest BCUT2D eigenvalue weighted by molar-refractivity contribution is 0.00456. The second-order valence-corrected chi connectivity index (χ2v) is 4.69. The summed E-state index contributed by atoms with van der Waals surface area (Å²) in [6.07, 6.45) is 0. The Morgan fingerprint density at radius 2 is 2.39 bits per heavy atom. The number of hydrogen-bond donors (Lipinski definition) is 1. The van der Waals surface area contributed by atoms with E-state index in [2.05, 4.69) is 0 Å². The molecule has 1 aliphatic heterocycles. The van der Waals surface area contributed by atoms with E-state index in [9.17, 15) is 9.90 Å². The van der Waals surface area contributed by atoms with Gasteiger partial charge in [0, 0.05) is 18.0 Å². The molecule has 1 amide bonds. The summed E-state index contributed by atoms with van der Waals surface area (Å²) in [7, 11) is 0. The number of benzene rings is 1. The van der Waals surface area contributed by atoms with Crippen molar-refractivity contribution in [2.24, 2.45) is 0 Å². The quantitative estimate of drug-likeness (QED) is 0.833. The van der Waals surface area contributed by atoms with Crippen molar-refractivity contribution in [3.05, 3.63) is 29.3 Å². The number of hydrogen-bond acceptors (Lipinski definition) is 3. The van der Waals surface area contributed by atoms with Crippen LogP contribution in [0.3, 0.4) is 0 Å². The molecule has 0 aromatic heterocycles. The van der Waals surface area contributed by atoms with Gasteiger partial charge in [-0.25, -0.2) is 0 Å². The van der Waals surface area contributed by atoms with Gasteiger partial charge in [0.05, 0.1) is 19.3 Å². The monoisotopic (exact) mass is 269 g/mol. The third-order valence-corrected chi connectivity index (χ3v) is 3.47. The van der Waals surface area contributed by atoms with Crippen LogP contribution in [-0.4, -0.2) is 47.6 Å². The van der Waals surface area contributed by atoms with Crippen molar-refractivity contribution in [3.8, 4) is 5.75 Å². The lowest BCUT2D eigenvalue weighted by Gasteiger charge is -2.34. The van der Waals surface area contributed by atoms with Crippen LogP contribution in [0.25, 0.3) is 0 Å². The molecule has 98 valence electrons. The number of morpholine rings is 1. The molecule has 0 bridgehead atoms. The lowest BCUT2D eigenvalue weighted by Crippen LogP contribution is -2.49. The number of phenols is 1. The van der Waals surface area contributed by atoms with E-state index in [1.54, 1.807) is 30.0 Å². The number of amides is 1. The molecule has 1 aromatic carbocycles. The van der Waals surface area contributed by atoms with Crippen LogP contribution in [-0.2, 0) is 4.74 Å². The van der Waals surface area contributed by atoms with Gasteiger partial charge in [-0.1, -0.05) is 0 Å². The number of rotatable bonds is 2. The van der Waals surface area contributed by atoms with E-state index in [1.807, 2.05) is 0 Å². The minimum absolute atomic E-state index is 0.0629. The summed E-state index contributed by atoms with van der Waals surface area (Å²) in [5.41, 5.74) is 1.26. The highest BCUT2D eigenvalue weighted by atomic mass is 35.5. The summed E-state index contributed by atoms with van der Waals surface area (Å²) in [5, 5.41) is 9.47. The van der Waals surface area contributed by atoms with Crippen molar-refractivity contribution in [3.63, 3.8) is 0 Å². The Morgan fingerprint density at radius 1 is 1.61 bits per heavy atom. The van der Waals surface area contributed by atoms with Gasteiger partial charge in [-0.15, -0.1) is 11.6 Å². The van der Waals surface area contributed by atoms with Crippen molar-refractivity contribution in [2.75, 3.05) is 25.6 Å². The van der Waals surface area contributed by atoms with Crippen molar-refractivity contribution >= 4 is 17.5 Å². The Labute approximate surface area is 111 Å². The number of aromatic hydroxyl groups is 1. The summed E-state index contributed by atoms with van der Waals surface area (Å²) < 4.78 is 5.31. The summed E-state index contributed by atoms with van der Waals surface area (Å²) in [6.45, 7) is 3.34. The molecule has 0 aliphatic carbocycles. The molecular weight excluding hydrogens is 254 g/mol. The topological polar surface area (TPSA) is 49.8 Å². The van der Waals surface area contributed by atoms with Crippen LogP contribution in [0.4, 0.5) is 0 Å². The van der Waals surface area contributed by atoms with Crippen LogP contribution >= 0.6 is 11.6 Å². The molecule has 5 heteroatoms. The van der Waals surface area contributed by atoms with Gasteiger partial charge in [-0.2, -0.15) is 0 Å². The number of halogens is 1. The molecular formula is C13H16ClNO3. The van der Waals surface area contributed by atoms with Gasteiger partial charge in [0.2, 0.25) is 0 Å². The average molecular weight is 270 g/mol. The van der Waals surface area contributed by atoms with E-state index in [0.717, 1.165) is 0 Å². The molecule has 1 aliphatic rings. The minimum atomic E-state index is -0.0815. The Bertz CT molecular complexity index is 450. The molecule has 1 fully saturated rings. The standard InChI is InChI=1S/C13H16ClNO3/c1-9-6-10(2-3-12(9)16)13(17)15-4-5-18-8-11(15)7-14/h2-3,6,11,16H,4-5,7-8H2,1H3. The molecule has 1 unspecified atom stereocenters. The first-order chi connectivity index (χ1) is 8.63. The summed E-state index contributed by atoms with van der Waals surface area (Å²) >= 11 is 5.85. The van der Waals surface area contributed by atoms with Gasteiger partial charge in [0.15, 0.2) is 0 Å². The molecule has 1 N–H and O–H groups in total. The number of ether oxygens (including phenoxy) is 1. The van der Waals surface area contributed by atoms with Gasteiger partial charge in [0.25, 0.3) is 5.91 Å². The number of carbonyl (C=O) groups is 1. The highest BCUT2D eigenvalue weighted by Crippen LogP contribution is 2.20.